The van der Waals surface area contributed by atoms with E-state index >= 15 is 0 Å². The summed E-state index contributed by atoms with van der Waals surface area (Å²) in [4.78, 5) is 13.0. The zero-order chi connectivity index (χ0) is 24.8. The Balaban J connectivity index is 1.86. The van der Waals surface area contributed by atoms with Crippen LogP contribution in [0.2, 0.25) is 20.1 Å². The maximum Gasteiger partial charge on any atom is 0.253 e. The molecular formula is C24H24Cl4N4OS. The predicted molar refractivity (Wildman–Crippen MR) is 142 cm³/mol. The Kier molecular flexibility index (Phi) is 9.74. The van der Waals surface area contributed by atoms with E-state index in [-0.39, 0.29) is 11.9 Å². The van der Waals surface area contributed by atoms with Gasteiger partial charge in [-0.25, -0.2) is 0 Å². The van der Waals surface area contributed by atoms with Crippen LogP contribution in [0.15, 0.2) is 54.2 Å². The van der Waals surface area contributed by atoms with Gasteiger partial charge in [0.1, 0.15) is 0 Å². The van der Waals surface area contributed by atoms with E-state index in [0.29, 0.717) is 61.3 Å². The van der Waals surface area contributed by atoms with Crippen LogP contribution >= 0.6 is 58.2 Å². The van der Waals surface area contributed by atoms with Gasteiger partial charge < -0.3 is 9.88 Å². The van der Waals surface area contributed by atoms with E-state index in [1.165, 1.54) is 11.8 Å². The molecule has 2 aromatic carbocycles. The average molecular weight is 558 g/mol. The van der Waals surface area contributed by atoms with Crippen molar-refractivity contribution in [1.82, 2.24) is 20.1 Å². The first-order valence-electron chi connectivity index (χ1n) is 10.6. The third-order valence-electron chi connectivity index (χ3n) is 4.91. The average Bonchev–Trinajstić information content (AvgIpc) is 3.16. The summed E-state index contributed by atoms with van der Waals surface area (Å²) in [7, 11) is 0. The van der Waals surface area contributed by atoms with E-state index in [1.807, 2.05) is 16.7 Å². The van der Waals surface area contributed by atoms with Gasteiger partial charge in [0.25, 0.3) is 5.91 Å². The van der Waals surface area contributed by atoms with Crippen molar-refractivity contribution in [2.45, 2.75) is 43.8 Å². The molecule has 0 saturated carbocycles. The molecule has 0 fully saturated rings. The summed E-state index contributed by atoms with van der Waals surface area (Å²) in [5.74, 6) is 1.29. The molecule has 3 rings (SSSR count). The second kappa shape index (κ2) is 12.3. The highest BCUT2D eigenvalue weighted by atomic mass is 35.5. The molecule has 34 heavy (non-hydrogen) atoms. The number of hydrogen-bond donors (Lipinski definition) is 1. The fourth-order valence-corrected chi connectivity index (χ4v) is 5.07. The monoisotopic (exact) mass is 556 g/mol. The van der Waals surface area contributed by atoms with Crippen LogP contribution in [0.5, 0.6) is 0 Å². The van der Waals surface area contributed by atoms with E-state index in [9.17, 15) is 4.79 Å². The molecule has 0 unspecified atom stereocenters. The molecule has 180 valence electrons. The summed E-state index contributed by atoms with van der Waals surface area (Å²) in [5.41, 5.74) is 1.36. The smallest absolute Gasteiger partial charge is 0.253 e. The van der Waals surface area contributed by atoms with Gasteiger partial charge in [-0.05, 0) is 48.2 Å². The zero-order valence-electron chi connectivity index (χ0n) is 18.7. The van der Waals surface area contributed by atoms with E-state index in [0.717, 1.165) is 5.56 Å². The van der Waals surface area contributed by atoms with Crippen molar-refractivity contribution in [1.29, 1.82) is 0 Å². The summed E-state index contributed by atoms with van der Waals surface area (Å²) in [6.45, 7) is 8.54. The lowest BCUT2D eigenvalue weighted by atomic mass is 10.0. The lowest BCUT2D eigenvalue weighted by Crippen LogP contribution is -2.32. The number of halogens is 4. The maximum atomic E-state index is 13.0. The summed E-state index contributed by atoms with van der Waals surface area (Å²) in [5, 5.41) is 14.4. The number of rotatable bonds is 10. The predicted octanol–water partition coefficient (Wildman–Crippen LogP) is 7.89. The van der Waals surface area contributed by atoms with Crippen LogP contribution in [0, 0.1) is 5.92 Å². The molecule has 0 aliphatic rings. The Hall–Kier alpha value is -1.70. The second-order valence-corrected chi connectivity index (χ2v) is 10.7. The van der Waals surface area contributed by atoms with Crippen molar-refractivity contribution in [3.63, 3.8) is 0 Å². The molecule has 1 aromatic heterocycles. The van der Waals surface area contributed by atoms with Crippen LogP contribution in [-0.4, -0.2) is 20.7 Å². The van der Waals surface area contributed by atoms with Crippen LogP contribution < -0.4 is 5.32 Å². The summed E-state index contributed by atoms with van der Waals surface area (Å²) >= 11 is 25.9. The van der Waals surface area contributed by atoms with Gasteiger partial charge in [-0.3, -0.25) is 4.79 Å². The van der Waals surface area contributed by atoms with Crippen molar-refractivity contribution in [3.05, 3.63) is 86.1 Å². The van der Waals surface area contributed by atoms with Gasteiger partial charge in [-0.2, -0.15) is 0 Å². The number of aromatic nitrogens is 3. The molecular weight excluding hydrogens is 534 g/mol. The standard InChI is InChI=1S/C24H24Cl4N4OS/c1-4-9-32-22(30-31-24(32)34-13-15-5-8-18(26)20(28)11-15)21(10-14(2)3)29-23(33)17-7-6-16(25)12-19(17)27/h4-8,11-12,14,21H,1,9-10,13H2,2-3H3,(H,29,33)/t21-/m0/s1. The van der Waals surface area contributed by atoms with Gasteiger partial charge in [0.2, 0.25) is 0 Å². The fourth-order valence-electron chi connectivity index (χ4n) is 3.35. The number of hydrogen-bond acceptors (Lipinski definition) is 4. The molecule has 1 heterocycles. The highest BCUT2D eigenvalue weighted by Crippen LogP contribution is 2.30. The van der Waals surface area contributed by atoms with Gasteiger partial charge in [0, 0.05) is 17.3 Å². The summed E-state index contributed by atoms with van der Waals surface area (Å²) < 4.78 is 1.96. The minimum atomic E-state index is -0.369. The Morgan fingerprint density at radius 2 is 1.85 bits per heavy atom. The van der Waals surface area contributed by atoms with Crippen molar-refractivity contribution in [2.75, 3.05) is 0 Å². The van der Waals surface area contributed by atoms with Crippen molar-refractivity contribution < 1.29 is 4.79 Å². The number of nitrogens with zero attached hydrogens (tertiary/aromatic N) is 3. The minimum Gasteiger partial charge on any atom is -0.342 e. The third kappa shape index (κ3) is 6.92. The highest BCUT2D eigenvalue weighted by molar-refractivity contribution is 7.98. The van der Waals surface area contributed by atoms with E-state index < -0.39 is 0 Å². The molecule has 5 nitrogen and oxygen atoms in total. The molecule has 0 radical (unpaired) electrons. The molecule has 1 atom stereocenters. The Bertz CT molecular complexity index is 1180. The van der Waals surface area contributed by atoms with Gasteiger partial charge in [-0.1, -0.05) is 84.2 Å². The first kappa shape index (κ1) is 26.9. The van der Waals surface area contributed by atoms with Crippen LogP contribution in [-0.2, 0) is 12.3 Å². The van der Waals surface area contributed by atoms with Crippen molar-refractivity contribution in [2.24, 2.45) is 5.92 Å². The van der Waals surface area contributed by atoms with E-state index in [1.54, 1.807) is 30.3 Å². The molecule has 0 saturated heterocycles. The lowest BCUT2D eigenvalue weighted by Gasteiger charge is -2.21. The summed E-state index contributed by atoms with van der Waals surface area (Å²) in [6.07, 6.45) is 2.45. The number of carbonyl (C=O) groups is 1. The van der Waals surface area contributed by atoms with Crippen molar-refractivity contribution in [3.8, 4) is 0 Å². The molecule has 1 N–H and O–H groups in total. The molecule has 0 spiro atoms. The van der Waals surface area contributed by atoms with Crippen LogP contribution in [0.4, 0.5) is 0 Å². The largest absolute Gasteiger partial charge is 0.342 e. The first-order chi connectivity index (χ1) is 16.2. The molecule has 3 aromatic rings. The Morgan fingerprint density at radius 1 is 1.09 bits per heavy atom. The number of amides is 1. The topological polar surface area (TPSA) is 59.8 Å². The Labute approximate surface area is 223 Å². The van der Waals surface area contributed by atoms with Crippen LogP contribution in [0.3, 0.4) is 0 Å². The quantitative estimate of drug-likeness (QED) is 0.203. The maximum absolute atomic E-state index is 13.0. The molecule has 0 aliphatic carbocycles. The molecule has 1 amide bonds. The number of thioether (sulfide) groups is 1. The molecule has 0 bridgehead atoms. The lowest BCUT2D eigenvalue weighted by molar-refractivity contribution is 0.0929. The number of benzene rings is 2. The Morgan fingerprint density at radius 3 is 2.50 bits per heavy atom. The van der Waals surface area contributed by atoms with Crippen molar-refractivity contribution >= 4 is 64.1 Å². The minimum absolute atomic E-state index is 0.290. The fraction of sp³-hybridized carbons (Fsp3) is 0.292. The van der Waals surface area contributed by atoms with Gasteiger partial charge >= 0.3 is 0 Å². The third-order valence-corrected chi connectivity index (χ3v) is 7.23. The van der Waals surface area contributed by atoms with Crippen LogP contribution in [0.25, 0.3) is 0 Å². The normalized spacial score (nSPS) is 12.1. The van der Waals surface area contributed by atoms with Crippen LogP contribution in [0.1, 0.15) is 48.1 Å². The zero-order valence-corrected chi connectivity index (χ0v) is 22.5. The number of nitrogens with one attached hydrogen (secondary N) is 1. The number of allylic oxidation sites excluding steroid dienone is 1. The summed E-state index contributed by atoms with van der Waals surface area (Å²) in [6, 6.07) is 9.96. The van der Waals surface area contributed by atoms with Gasteiger partial charge in [-0.15, -0.1) is 16.8 Å². The van der Waals surface area contributed by atoms with E-state index in [2.05, 4.69) is 35.9 Å². The number of carbonyl (C=O) groups excluding carboxylic acids is 1. The van der Waals surface area contributed by atoms with Gasteiger partial charge in [0.15, 0.2) is 11.0 Å². The van der Waals surface area contributed by atoms with Gasteiger partial charge in [0.05, 0.1) is 26.7 Å². The first-order valence-corrected chi connectivity index (χ1v) is 13.1. The molecule has 10 heteroatoms. The van der Waals surface area contributed by atoms with E-state index in [4.69, 9.17) is 46.4 Å². The SMILES string of the molecule is C=CCn1c(SCc2ccc(Cl)c(Cl)c2)nnc1[C@H](CC(C)C)NC(=O)c1ccc(Cl)cc1Cl. The second-order valence-electron chi connectivity index (χ2n) is 8.06. The highest BCUT2D eigenvalue weighted by Gasteiger charge is 2.25. The molecule has 0 aliphatic heterocycles.